The molecule has 0 aliphatic heterocycles. The average Bonchev–Trinajstić information content (AvgIpc) is 2.51. The quantitative estimate of drug-likeness (QED) is 0.705. The Hall–Kier alpha value is -1.72. The fraction of sp³-hybridized carbons (Fsp3) is 0.143. The number of nitrogens with zero attached hydrogens (tertiary/aromatic N) is 2. The Morgan fingerprint density at radius 3 is 2.85 bits per heavy atom. The second kappa shape index (κ2) is 2.65. The number of aromatic amines is 1. The second-order valence-corrected chi connectivity index (χ2v) is 2.51. The number of nitrogen functional groups attached to an aromatic ring is 1. The average molecular weight is 184 g/mol. The van der Waals surface area contributed by atoms with Crippen molar-refractivity contribution >= 4 is 16.9 Å². The Bertz CT molecular complexity index is 437. The van der Waals surface area contributed by atoms with Crippen molar-refractivity contribution in [3.05, 3.63) is 18.1 Å². The minimum absolute atomic E-state index is 0.0466. The number of aromatic nitrogens is 3. The van der Waals surface area contributed by atoms with Crippen LogP contribution in [0.4, 0.5) is 14.6 Å². The number of nitrogens with one attached hydrogen (secondary N) is 1. The van der Waals surface area contributed by atoms with Gasteiger partial charge in [-0.1, -0.05) is 0 Å². The largest absolute Gasteiger partial charge is 0.382 e. The number of halogens is 2. The van der Waals surface area contributed by atoms with Crippen LogP contribution in [0.2, 0.25) is 0 Å². The molecule has 68 valence electrons. The number of alkyl halides is 2. The maximum absolute atomic E-state index is 12.2. The zero-order valence-electron chi connectivity index (χ0n) is 6.46. The molecule has 2 rings (SSSR count). The molecule has 0 bridgehead atoms. The summed E-state index contributed by atoms with van der Waals surface area (Å²) in [7, 11) is 0. The summed E-state index contributed by atoms with van der Waals surface area (Å²) in [5.74, 6) is -0.491. The summed E-state index contributed by atoms with van der Waals surface area (Å²) in [4.78, 5) is 9.84. The van der Waals surface area contributed by atoms with Crippen molar-refractivity contribution in [1.29, 1.82) is 0 Å². The van der Waals surface area contributed by atoms with Crippen molar-refractivity contribution in [2.45, 2.75) is 6.43 Å². The van der Waals surface area contributed by atoms with Gasteiger partial charge >= 0.3 is 0 Å². The van der Waals surface area contributed by atoms with Gasteiger partial charge in [0.15, 0.2) is 11.6 Å². The van der Waals surface area contributed by atoms with Crippen LogP contribution >= 0.6 is 0 Å². The van der Waals surface area contributed by atoms with Crippen LogP contribution < -0.4 is 5.73 Å². The maximum atomic E-state index is 12.2. The molecule has 0 amide bonds. The molecule has 6 heteroatoms. The number of hydrogen-bond donors (Lipinski definition) is 2. The Kier molecular flexibility index (Phi) is 1.61. The summed E-state index contributed by atoms with van der Waals surface area (Å²) >= 11 is 0. The molecule has 0 spiro atoms. The molecule has 13 heavy (non-hydrogen) atoms. The van der Waals surface area contributed by atoms with Gasteiger partial charge in [0, 0.05) is 6.20 Å². The number of hydrogen-bond acceptors (Lipinski definition) is 3. The highest BCUT2D eigenvalue weighted by atomic mass is 19.3. The lowest BCUT2D eigenvalue weighted by Gasteiger charge is -2.00. The molecule has 0 radical (unpaired) electrons. The molecule has 0 aliphatic rings. The van der Waals surface area contributed by atoms with Crippen molar-refractivity contribution in [3.8, 4) is 0 Å². The van der Waals surface area contributed by atoms with Crippen LogP contribution in [0.3, 0.4) is 0 Å². The molecule has 2 aromatic heterocycles. The first-order valence-corrected chi connectivity index (χ1v) is 3.57. The Balaban J connectivity index is 2.70. The van der Waals surface area contributed by atoms with Crippen molar-refractivity contribution in [2.24, 2.45) is 0 Å². The highest BCUT2D eigenvalue weighted by Crippen LogP contribution is 2.20. The third kappa shape index (κ3) is 1.20. The van der Waals surface area contributed by atoms with Gasteiger partial charge in [-0.3, -0.25) is 0 Å². The van der Waals surface area contributed by atoms with E-state index in [4.69, 9.17) is 5.73 Å². The summed E-state index contributed by atoms with van der Waals surface area (Å²) in [6, 6.07) is 1.57. The molecule has 0 unspecified atom stereocenters. The number of rotatable bonds is 1. The highest BCUT2D eigenvalue weighted by Gasteiger charge is 2.13. The van der Waals surface area contributed by atoms with Crippen LogP contribution in [0.25, 0.3) is 11.0 Å². The number of anilines is 1. The minimum atomic E-state index is -2.69. The maximum Gasteiger partial charge on any atom is 0.297 e. The first-order valence-electron chi connectivity index (χ1n) is 3.57. The lowest BCUT2D eigenvalue weighted by molar-refractivity contribution is 0.141. The van der Waals surface area contributed by atoms with Gasteiger partial charge in [-0.15, -0.1) is 0 Å². The predicted molar refractivity (Wildman–Crippen MR) is 43.3 cm³/mol. The van der Waals surface area contributed by atoms with Gasteiger partial charge in [-0.2, -0.15) is 0 Å². The van der Waals surface area contributed by atoms with Crippen LogP contribution in [0.1, 0.15) is 12.2 Å². The Morgan fingerprint density at radius 1 is 1.38 bits per heavy atom. The highest BCUT2D eigenvalue weighted by molar-refractivity contribution is 5.84. The van der Waals surface area contributed by atoms with Crippen molar-refractivity contribution in [2.75, 3.05) is 5.73 Å². The molecule has 0 aliphatic carbocycles. The van der Waals surface area contributed by atoms with Crippen LogP contribution in [0.5, 0.6) is 0 Å². The van der Waals surface area contributed by atoms with E-state index < -0.39 is 12.2 Å². The zero-order valence-corrected chi connectivity index (χ0v) is 6.46. The van der Waals surface area contributed by atoms with E-state index in [2.05, 4.69) is 15.0 Å². The van der Waals surface area contributed by atoms with Crippen LogP contribution in [-0.2, 0) is 0 Å². The van der Waals surface area contributed by atoms with Gasteiger partial charge in [0.1, 0.15) is 5.52 Å². The lowest BCUT2D eigenvalue weighted by atomic mass is 10.4. The second-order valence-electron chi connectivity index (χ2n) is 2.51. The van der Waals surface area contributed by atoms with Gasteiger partial charge in [0.05, 0.1) is 5.52 Å². The SMILES string of the molecule is Nc1nc(C(F)F)nc2cc[nH]c12. The van der Waals surface area contributed by atoms with Gasteiger partial charge in [-0.25, -0.2) is 18.7 Å². The number of fused-ring (bicyclic) bond motifs is 1. The first-order chi connectivity index (χ1) is 6.18. The Labute approximate surface area is 71.8 Å². The van der Waals surface area contributed by atoms with E-state index in [9.17, 15) is 8.78 Å². The van der Waals surface area contributed by atoms with Crippen LogP contribution in [0.15, 0.2) is 12.3 Å². The number of nitrogens with two attached hydrogens (primary N) is 1. The summed E-state index contributed by atoms with van der Waals surface area (Å²) in [5.41, 5.74) is 6.32. The van der Waals surface area contributed by atoms with Crippen molar-refractivity contribution in [1.82, 2.24) is 15.0 Å². The molecular formula is C7H6F2N4. The summed E-state index contributed by atoms with van der Waals surface area (Å²) < 4.78 is 24.4. The van der Waals surface area contributed by atoms with Gasteiger partial charge in [-0.05, 0) is 6.07 Å². The van der Waals surface area contributed by atoms with Gasteiger partial charge in [0.25, 0.3) is 6.43 Å². The monoisotopic (exact) mass is 184 g/mol. The van der Waals surface area contributed by atoms with E-state index in [1.54, 1.807) is 12.3 Å². The van der Waals surface area contributed by atoms with Crippen LogP contribution in [-0.4, -0.2) is 15.0 Å². The molecule has 0 atom stereocenters. The molecule has 4 nitrogen and oxygen atoms in total. The van der Waals surface area contributed by atoms with Crippen molar-refractivity contribution in [3.63, 3.8) is 0 Å². The summed E-state index contributed by atoms with van der Waals surface area (Å²) in [6.07, 6.45) is -1.12. The summed E-state index contributed by atoms with van der Waals surface area (Å²) in [6.45, 7) is 0. The van der Waals surface area contributed by atoms with E-state index in [-0.39, 0.29) is 5.82 Å². The zero-order chi connectivity index (χ0) is 9.42. The standard InChI is InChI=1S/C7H6F2N4/c8-5(9)7-12-3-1-2-11-4(3)6(10)13-7/h1-2,5,11H,(H2,10,12,13). The van der Waals surface area contributed by atoms with E-state index in [1.165, 1.54) is 0 Å². The van der Waals surface area contributed by atoms with Crippen molar-refractivity contribution < 1.29 is 8.78 Å². The van der Waals surface area contributed by atoms with E-state index in [0.717, 1.165) is 0 Å². The molecule has 0 fully saturated rings. The van der Waals surface area contributed by atoms with E-state index in [1.807, 2.05) is 0 Å². The fourth-order valence-electron chi connectivity index (χ4n) is 1.08. The Morgan fingerprint density at radius 2 is 2.15 bits per heavy atom. The molecule has 0 saturated carbocycles. The van der Waals surface area contributed by atoms with E-state index >= 15 is 0 Å². The lowest BCUT2D eigenvalue weighted by Crippen LogP contribution is -2.00. The predicted octanol–water partition coefficient (Wildman–Crippen LogP) is 1.48. The minimum Gasteiger partial charge on any atom is -0.382 e. The molecule has 0 saturated heterocycles. The molecule has 3 N–H and O–H groups in total. The third-order valence-electron chi connectivity index (χ3n) is 1.65. The molecular weight excluding hydrogens is 178 g/mol. The number of H-pyrrole nitrogens is 1. The fourth-order valence-corrected chi connectivity index (χ4v) is 1.08. The molecule has 2 aromatic rings. The first kappa shape index (κ1) is 7.90. The van der Waals surface area contributed by atoms with Gasteiger partial charge in [0.2, 0.25) is 0 Å². The van der Waals surface area contributed by atoms with Gasteiger partial charge < -0.3 is 10.7 Å². The van der Waals surface area contributed by atoms with Crippen LogP contribution in [0, 0.1) is 0 Å². The molecule has 0 aromatic carbocycles. The van der Waals surface area contributed by atoms with E-state index in [0.29, 0.717) is 11.0 Å². The normalized spacial score (nSPS) is 11.3. The molecule has 2 heterocycles. The smallest absolute Gasteiger partial charge is 0.297 e. The topological polar surface area (TPSA) is 67.6 Å². The summed E-state index contributed by atoms with van der Waals surface area (Å²) in [5, 5.41) is 0. The third-order valence-corrected chi connectivity index (χ3v) is 1.65.